The van der Waals surface area contributed by atoms with Gasteiger partial charge < -0.3 is 19.2 Å². The molecular formula is C26H23N3O4S. The van der Waals surface area contributed by atoms with Gasteiger partial charge in [-0.25, -0.2) is 4.98 Å². The topological polar surface area (TPSA) is 85.6 Å². The van der Waals surface area contributed by atoms with Crippen LogP contribution >= 0.6 is 12.2 Å². The van der Waals surface area contributed by atoms with Crippen molar-refractivity contribution >= 4 is 40.0 Å². The number of aryl methyl sites for hydroxylation is 3. The molecular weight excluding hydrogens is 450 g/mol. The van der Waals surface area contributed by atoms with Crippen LogP contribution in [0.2, 0.25) is 0 Å². The standard InChI is InChI=1S/C26H23N3O4S/c1-14-10-16(3)23-20(11-14)27-25(33-23)18-5-4-15(2)19(12-18)28-26(34)29-24(30)17-6-7-21-22(13-17)32-9-8-31-21/h4-7,10-13H,8-9H2,1-3H3,(H2,28,29,30,34). The van der Waals surface area contributed by atoms with E-state index in [0.29, 0.717) is 36.2 Å². The molecule has 0 saturated heterocycles. The number of hydrogen-bond donors (Lipinski definition) is 2. The molecule has 2 N–H and O–H groups in total. The number of nitrogens with one attached hydrogen (secondary N) is 2. The van der Waals surface area contributed by atoms with Crippen molar-refractivity contribution in [3.63, 3.8) is 0 Å². The lowest BCUT2D eigenvalue weighted by molar-refractivity contribution is 0.0976. The molecule has 1 aliphatic rings. The third-order valence-electron chi connectivity index (χ3n) is 5.58. The van der Waals surface area contributed by atoms with Gasteiger partial charge in [0.25, 0.3) is 5.91 Å². The average molecular weight is 474 g/mol. The number of carbonyl (C=O) groups is 1. The monoisotopic (exact) mass is 473 g/mol. The molecule has 5 rings (SSSR count). The summed E-state index contributed by atoms with van der Waals surface area (Å²) in [5.74, 6) is 1.36. The van der Waals surface area contributed by atoms with Crippen LogP contribution in [0.4, 0.5) is 5.69 Å². The van der Waals surface area contributed by atoms with Crippen molar-refractivity contribution in [1.82, 2.24) is 10.3 Å². The van der Waals surface area contributed by atoms with Crippen LogP contribution in [0.3, 0.4) is 0 Å². The fourth-order valence-electron chi connectivity index (χ4n) is 3.90. The molecule has 34 heavy (non-hydrogen) atoms. The van der Waals surface area contributed by atoms with Gasteiger partial charge in [0.05, 0.1) is 0 Å². The number of hydrogen-bond acceptors (Lipinski definition) is 6. The van der Waals surface area contributed by atoms with Crippen molar-refractivity contribution < 1.29 is 18.7 Å². The zero-order chi connectivity index (χ0) is 23.8. The minimum absolute atomic E-state index is 0.184. The highest BCUT2D eigenvalue weighted by atomic mass is 32.1. The van der Waals surface area contributed by atoms with E-state index in [2.05, 4.69) is 21.7 Å². The number of ether oxygens (including phenoxy) is 2. The first-order chi connectivity index (χ1) is 16.4. The molecule has 0 saturated carbocycles. The van der Waals surface area contributed by atoms with Crippen LogP contribution in [-0.2, 0) is 0 Å². The van der Waals surface area contributed by atoms with Gasteiger partial charge in [-0.3, -0.25) is 10.1 Å². The van der Waals surface area contributed by atoms with E-state index >= 15 is 0 Å². The quantitative estimate of drug-likeness (QED) is 0.390. The van der Waals surface area contributed by atoms with Crippen molar-refractivity contribution in [2.45, 2.75) is 20.8 Å². The van der Waals surface area contributed by atoms with Gasteiger partial charge in [-0.1, -0.05) is 12.1 Å². The first-order valence-electron chi connectivity index (χ1n) is 10.9. The van der Waals surface area contributed by atoms with Gasteiger partial charge in [-0.15, -0.1) is 0 Å². The predicted molar refractivity (Wildman–Crippen MR) is 135 cm³/mol. The number of fused-ring (bicyclic) bond motifs is 2. The summed E-state index contributed by atoms with van der Waals surface area (Å²) in [4.78, 5) is 17.4. The molecule has 0 unspecified atom stereocenters. The maximum atomic E-state index is 12.7. The Hall–Kier alpha value is -3.91. The van der Waals surface area contributed by atoms with Crippen LogP contribution < -0.4 is 20.1 Å². The highest BCUT2D eigenvalue weighted by Gasteiger charge is 2.17. The highest BCUT2D eigenvalue weighted by molar-refractivity contribution is 7.80. The SMILES string of the molecule is Cc1cc(C)c2oc(-c3ccc(C)c(NC(=S)NC(=O)c4ccc5c(c4)OCCO5)c3)nc2c1. The number of anilines is 1. The first kappa shape index (κ1) is 21.9. The first-order valence-corrected chi connectivity index (χ1v) is 11.3. The van der Waals surface area contributed by atoms with Crippen molar-refractivity contribution in [2.24, 2.45) is 0 Å². The largest absolute Gasteiger partial charge is 0.486 e. The van der Waals surface area contributed by atoms with Crippen LogP contribution in [0.15, 0.2) is 52.9 Å². The van der Waals surface area contributed by atoms with Gasteiger partial charge in [0, 0.05) is 16.8 Å². The summed E-state index contributed by atoms with van der Waals surface area (Å²) in [5.41, 5.74) is 6.72. The van der Waals surface area contributed by atoms with Gasteiger partial charge in [0.2, 0.25) is 5.89 Å². The Kier molecular flexibility index (Phi) is 5.67. The average Bonchev–Trinajstić information content (AvgIpc) is 3.24. The lowest BCUT2D eigenvalue weighted by Gasteiger charge is -2.19. The van der Waals surface area contributed by atoms with E-state index in [1.807, 2.05) is 45.0 Å². The minimum Gasteiger partial charge on any atom is -0.486 e. The lowest BCUT2D eigenvalue weighted by atomic mass is 10.1. The summed E-state index contributed by atoms with van der Waals surface area (Å²) in [6, 6.07) is 14.9. The third kappa shape index (κ3) is 4.32. The second kappa shape index (κ2) is 8.79. The second-order valence-corrected chi connectivity index (χ2v) is 8.65. The molecule has 1 amide bonds. The molecule has 2 heterocycles. The van der Waals surface area contributed by atoms with Crippen LogP contribution in [0.25, 0.3) is 22.6 Å². The Balaban J connectivity index is 1.33. The molecule has 0 fully saturated rings. The van der Waals surface area contributed by atoms with Crippen molar-refractivity contribution in [1.29, 1.82) is 0 Å². The number of nitrogens with zero attached hydrogens (tertiary/aromatic N) is 1. The Labute approximate surface area is 202 Å². The van der Waals surface area contributed by atoms with Crippen LogP contribution in [0, 0.1) is 20.8 Å². The number of carbonyl (C=O) groups excluding carboxylic acids is 1. The van der Waals surface area contributed by atoms with Gasteiger partial charge in [-0.05, 0) is 86.1 Å². The molecule has 0 bridgehead atoms. The molecule has 0 radical (unpaired) electrons. The maximum absolute atomic E-state index is 12.7. The molecule has 1 aromatic heterocycles. The van der Waals surface area contributed by atoms with E-state index in [1.165, 1.54) is 0 Å². The summed E-state index contributed by atoms with van der Waals surface area (Å²) < 4.78 is 17.1. The van der Waals surface area contributed by atoms with Gasteiger partial charge >= 0.3 is 0 Å². The number of amides is 1. The Bertz CT molecular complexity index is 1440. The normalized spacial score (nSPS) is 12.4. The number of thiocarbonyl (C=S) groups is 1. The van der Waals surface area contributed by atoms with E-state index in [1.54, 1.807) is 18.2 Å². The van der Waals surface area contributed by atoms with Crippen molar-refractivity contribution in [3.8, 4) is 23.0 Å². The molecule has 172 valence electrons. The Morgan fingerprint density at radius 3 is 2.56 bits per heavy atom. The van der Waals surface area contributed by atoms with Crippen molar-refractivity contribution in [3.05, 3.63) is 70.8 Å². The maximum Gasteiger partial charge on any atom is 0.257 e. The smallest absolute Gasteiger partial charge is 0.257 e. The Morgan fingerprint density at radius 1 is 0.941 bits per heavy atom. The number of oxazole rings is 1. The third-order valence-corrected chi connectivity index (χ3v) is 5.79. The zero-order valence-corrected chi connectivity index (χ0v) is 19.8. The molecule has 3 aromatic carbocycles. The van der Waals surface area contributed by atoms with E-state index in [0.717, 1.165) is 39.0 Å². The fourth-order valence-corrected chi connectivity index (χ4v) is 4.11. The molecule has 0 spiro atoms. The summed E-state index contributed by atoms with van der Waals surface area (Å²) in [7, 11) is 0. The van der Waals surface area contributed by atoms with Crippen LogP contribution in [0.5, 0.6) is 11.5 Å². The number of rotatable bonds is 3. The number of aromatic nitrogens is 1. The van der Waals surface area contributed by atoms with E-state index in [9.17, 15) is 4.79 Å². The summed E-state index contributed by atoms with van der Waals surface area (Å²) in [5, 5.41) is 6.02. The van der Waals surface area contributed by atoms with Gasteiger partial charge in [0.15, 0.2) is 22.2 Å². The minimum atomic E-state index is -0.340. The van der Waals surface area contributed by atoms with Crippen LogP contribution in [-0.4, -0.2) is 29.2 Å². The zero-order valence-electron chi connectivity index (χ0n) is 19.0. The van der Waals surface area contributed by atoms with Gasteiger partial charge in [0.1, 0.15) is 18.7 Å². The van der Waals surface area contributed by atoms with Gasteiger partial charge in [-0.2, -0.15) is 0 Å². The molecule has 8 heteroatoms. The molecule has 0 aliphatic carbocycles. The predicted octanol–water partition coefficient (Wildman–Crippen LogP) is 5.32. The number of benzene rings is 3. The van der Waals surface area contributed by atoms with Crippen LogP contribution in [0.1, 0.15) is 27.0 Å². The lowest BCUT2D eigenvalue weighted by Crippen LogP contribution is -2.34. The molecule has 7 nitrogen and oxygen atoms in total. The summed E-state index contributed by atoms with van der Waals surface area (Å²) in [6.07, 6.45) is 0. The molecule has 1 aliphatic heterocycles. The van der Waals surface area contributed by atoms with E-state index in [-0.39, 0.29) is 11.0 Å². The summed E-state index contributed by atoms with van der Waals surface area (Å²) in [6.45, 7) is 6.95. The second-order valence-electron chi connectivity index (χ2n) is 8.25. The fraction of sp³-hybridized carbons (Fsp3) is 0.192. The van der Waals surface area contributed by atoms with E-state index < -0.39 is 0 Å². The Morgan fingerprint density at radius 2 is 1.74 bits per heavy atom. The highest BCUT2D eigenvalue weighted by Crippen LogP contribution is 2.31. The molecule has 4 aromatic rings. The van der Waals surface area contributed by atoms with Crippen molar-refractivity contribution in [2.75, 3.05) is 18.5 Å². The van der Waals surface area contributed by atoms with E-state index in [4.69, 9.17) is 26.1 Å². The summed E-state index contributed by atoms with van der Waals surface area (Å²) >= 11 is 5.40. The molecule has 0 atom stereocenters.